The van der Waals surface area contributed by atoms with Crippen molar-refractivity contribution in [2.45, 2.75) is 0 Å². The molecule has 0 heterocycles. The summed E-state index contributed by atoms with van der Waals surface area (Å²) in [5.41, 5.74) is 0.370. The number of methoxy groups -OCH3 is 2. The first-order valence-electron chi connectivity index (χ1n) is 7.18. The highest BCUT2D eigenvalue weighted by molar-refractivity contribution is 6.06. The number of benzene rings is 2. The van der Waals surface area contributed by atoms with E-state index in [2.05, 4.69) is 5.32 Å². The van der Waals surface area contributed by atoms with Gasteiger partial charge in [0.25, 0.3) is 0 Å². The summed E-state index contributed by atoms with van der Waals surface area (Å²) in [6.45, 7) is 0. The van der Waals surface area contributed by atoms with Crippen molar-refractivity contribution in [3.63, 3.8) is 0 Å². The fourth-order valence-electron chi connectivity index (χ4n) is 2.11. The molecule has 0 saturated heterocycles. The summed E-state index contributed by atoms with van der Waals surface area (Å²) in [7, 11) is 3.02. The minimum Gasteiger partial charge on any atom is -0.493 e. The molecule has 0 aromatic heterocycles. The molecule has 0 radical (unpaired) electrons. The van der Waals surface area contributed by atoms with Crippen molar-refractivity contribution in [1.82, 2.24) is 0 Å². The van der Waals surface area contributed by atoms with E-state index in [1.165, 1.54) is 32.4 Å². The molecule has 0 bridgehead atoms. The first kappa shape index (κ1) is 18.0. The van der Waals surface area contributed by atoms with Crippen molar-refractivity contribution in [3.8, 4) is 11.5 Å². The number of hydrogen-bond donors (Lipinski definition) is 2. The molecule has 2 aromatic rings. The van der Waals surface area contributed by atoms with Crippen molar-refractivity contribution in [1.29, 1.82) is 0 Å². The maximum Gasteiger partial charge on any atom is 0.337 e. The van der Waals surface area contributed by atoms with E-state index in [1.54, 1.807) is 18.2 Å². The maximum atomic E-state index is 13.1. The number of anilines is 1. The highest BCUT2D eigenvalue weighted by atomic mass is 19.1. The van der Waals surface area contributed by atoms with Gasteiger partial charge in [0, 0.05) is 6.08 Å². The molecule has 0 aliphatic carbocycles. The standard InChI is InChI=1S/C18H16FNO5/c1-24-15-7-3-11(9-16(15)25-2)4-8-17(21)20-14-6-5-12(19)10-13(14)18(22)23/h3-10H,1-2H3,(H,20,21)(H,22,23)/b8-4+. The predicted octanol–water partition coefficient (Wildman–Crippen LogP) is 3.19. The number of amides is 1. The molecule has 0 fully saturated rings. The van der Waals surface area contributed by atoms with Crippen LogP contribution in [0.2, 0.25) is 0 Å². The molecular weight excluding hydrogens is 329 g/mol. The van der Waals surface area contributed by atoms with Gasteiger partial charge in [-0.05, 0) is 42.0 Å². The quantitative estimate of drug-likeness (QED) is 0.786. The fourth-order valence-corrected chi connectivity index (χ4v) is 2.11. The molecule has 0 aliphatic heterocycles. The largest absolute Gasteiger partial charge is 0.493 e. The van der Waals surface area contributed by atoms with Crippen LogP contribution in [-0.4, -0.2) is 31.2 Å². The van der Waals surface area contributed by atoms with Crippen molar-refractivity contribution >= 4 is 23.6 Å². The third-order valence-electron chi connectivity index (χ3n) is 3.30. The van der Waals surface area contributed by atoms with Crippen LogP contribution in [-0.2, 0) is 4.79 Å². The second kappa shape index (κ2) is 7.96. The predicted molar refractivity (Wildman–Crippen MR) is 90.6 cm³/mol. The molecule has 0 atom stereocenters. The molecule has 6 nitrogen and oxygen atoms in total. The zero-order valence-electron chi connectivity index (χ0n) is 13.6. The number of ether oxygens (including phenoxy) is 2. The molecule has 0 spiro atoms. The average molecular weight is 345 g/mol. The Bertz CT molecular complexity index is 832. The van der Waals surface area contributed by atoms with Gasteiger partial charge >= 0.3 is 5.97 Å². The first-order valence-corrected chi connectivity index (χ1v) is 7.18. The van der Waals surface area contributed by atoms with Crippen molar-refractivity contribution < 1.29 is 28.6 Å². The second-order valence-electron chi connectivity index (χ2n) is 4.93. The van der Waals surface area contributed by atoms with E-state index in [0.717, 1.165) is 12.1 Å². The normalized spacial score (nSPS) is 10.5. The number of carbonyl (C=O) groups is 2. The number of carboxylic acid groups (broad SMARTS) is 1. The van der Waals surface area contributed by atoms with Crippen LogP contribution in [0.25, 0.3) is 6.08 Å². The summed E-state index contributed by atoms with van der Waals surface area (Å²) in [5.74, 6) is -1.52. The monoisotopic (exact) mass is 345 g/mol. The number of carboxylic acids is 1. The average Bonchev–Trinajstić information content (AvgIpc) is 2.61. The van der Waals surface area contributed by atoms with Gasteiger partial charge in [-0.2, -0.15) is 0 Å². The Hall–Kier alpha value is -3.35. The third-order valence-corrected chi connectivity index (χ3v) is 3.30. The highest BCUT2D eigenvalue weighted by Crippen LogP contribution is 2.28. The lowest BCUT2D eigenvalue weighted by atomic mass is 10.1. The van der Waals surface area contributed by atoms with Gasteiger partial charge in [0.15, 0.2) is 11.5 Å². The van der Waals surface area contributed by atoms with Crippen molar-refractivity contribution in [2.75, 3.05) is 19.5 Å². The zero-order valence-corrected chi connectivity index (χ0v) is 13.6. The Morgan fingerprint density at radius 3 is 2.44 bits per heavy atom. The SMILES string of the molecule is COc1ccc(/C=C/C(=O)Nc2ccc(F)cc2C(=O)O)cc1OC. The number of aromatic carboxylic acids is 1. The molecule has 2 rings (SSSR count). The van der Waals surface area contributed by atoms with Crippen molar-refractivity contribution in [3.05, 3.63) is 59.4 Å². The van der Waals surface area contributed by atoms with Gasteiger partial charge in [0.2, 0.25) is 5.91 Å². The van der Waals surface area contributed by atoms with Crippen molar-refractivity contribution in [2.24, 2.45) is 0 Å². The molecule has 0 aliphatic rings. The third kappa shape index (κ3) is 4.57. The van der Waals surface area contributed by atoms with E-state index in [-0.39, 0.29) is 11.3 Å². The fraction of sp³-hybridized carbons (Fsp3) is 0.111. The van der Waals surface area contributed by atoms with Gasteiger partial charge in [0.1, 0.15) is 5.82 Å². The Morgan fingerprint density at radius 1 is 1.08 bits per heavy atom. The number of rotatable bonds is 6. The molecule has 0 saturated carbocycles. The summed E-state index contributed by atoms with van der Waals surface area (Å²) in [6.07, 6.45) is 2.76. The minimum absolute atomic E-state index is 0.0101. The van der Waals surface area contributed by atoms with Gasteiger partial charge in [-0.25, -0.2) is 9.18 Å². The zero-order chi connectivity index (χ0) is 18.4. The lowest BCUT2D eigenvalue weighted by Crippen LogP contribution is -2.12. The van der Waals surface area contributed by atoms with Crippen LogP contribution in [0.5, 0.6) is 11.5 Å². The van der Waals surface area contributed by atoms with Crippen LogP contribution in [0, 0.1) is 5.82 Å². The van der Waals surface area contributed by atoms with E-state index in [9.17, 15) is 14.0 Å². The summed E-state index contributed by atoms with van der Waals surface area (Å²) in [4.78, 5) is 23.1. The van der Waals surface area contributed by atoms with Gasteiger partial charge in [-0.3, -0.25) is 4.79 Å². The Morgan fingerprint density at radius 2 is 1.80 bits per heavy atom. The van der Waals surface area contributed by atoms with E-state index < -0.39 is 17.7 Å². The Labute approximate surface area is 143 Å². The van der Waals surface area contributed by atoms with E-state index >= 15 is 0 Å². The van der Waals surface area contributed by atoms with Crippen LogP contribution in [0.3, 0.4) is 0 Å². The van der Waals surface area contributed by atoms with Crippen LogP contribution in [0.4, 0.5) is 10.1 Å². The summed E-state index contributed by atoms with van der Waals surface area (Å²) in [6, 6.07) is 8.21. The van der Waals surface area contributed by atoms with Crippen LogP contribution < -0.4 is 14.8 Å². The second-order valence-corrected chi connectivity index (χ2v) is 4.93. The minimum atomic E-state index is -1.33. The van der Waals surface area contributed by atoms with E-state index in [1.807, 2.05) is 0 Å². The van der Waals surface area contributed by atoms with Gasteiger partial charge in [-0.15, -0.1) is 0 Å². The van der Waals surface area contributed by atoms with E-state index in [0.29, 0.717) is 17.1 Å². The molecule has 25 heavy (non-hydrogen) atoms. The lowest BCUT2D eigenvalue weighted by Gasteiger charge is -2.08. The number of carbonyl (C=O) groups excluding carboxylic acids is 1. The summed E-state index contributed by atoms with van der Waals surface area (Å²) >= 11 is 0. The number of nitrogens with one attached hydrogen (secondary N) is 1. The summed E-state index contributed by atoms with van der Waals surface area (Å²) in [5, 5.41) is 11.5. The smallest absolute Gasteiger partial charge is 0.337 e. The molecule has 130 valence electrons. The summed E-state index contributed by atoms with van der Waals surface area (Å²) < 4.78 is 23.4. The molecular formula is C18H16FNO5. The molecule has 1 amide bonds. The van der Waals surface area contributed by atoms with Gasteiger partial charge in [-0.1, -0.05) is 6.07 Å². The Balaban J connectivity index is 2.15. The lowest BCUT2D eigenvalue weighted by molar-refractivity contribution is -0.111. The molecule has 7 heteroatoms. The molecule has 2 N–H and O–H groups in total. The van der Waals surface area contributed by atoms with Gasteiger partial charge in [0.05, 0.1) is 25.5 Å². The molecule has 2 aromatic carbocycles. The highest BCUT2D eigenvalue weighted by Gasteiger charge is 2.12. The Kier molecular flexibility index (Phi) is 5.73. The van der Waals surface area contributed by atoms with E-state index in [4.69, 9.17) is 14.6 Å². The number of hydrogen-bond acceptors (Lipinski definition) is 4. The van der Waals surface area contributed by atoms with Crippen LogP contribution in [0.1, 0.15) is 15.9 Å². The first-order chi connectivity index (χ1) is 11.9. The number of halogens is 1. The van der Waals surface area contributed by atoms with Gasteiger partial charge < -0.3 is 19.9 Å². The molecule has 0 unspecified atom stereocenters. The maximum absolute atomic E-state index is 13.1. The van der Waals surface area contributed by atoms with Crippen LogP contribution >= 0.6 is 0 Å². The topological polar surface area (TPSA) is 84.9 Å². The van der Waals surface area contributed by atoms with Crippen LogP contribution in [0.15, 0.2) is 42.5 Å².